The highest BCUT2D eigenvalue weighted by atomic mass is 31.1. The van der Waals surface area contributed by atoms with E-state index in [1.165, 1.54) is 33.0 Å². The van der Waals surface area contributed by atoms with E-state index in [-0.39, 0.29) is 0 Å². The van der Waals surface area contributed by atoms with Gasteiger partial charge in [0.25, 0.3) is 0 Å². The molecule has 0 aliphatic carbocycles. The van der Waals surface area contributed by atoms with Crippen molar-refractivity contribution in [1.82, 2.24) is 0 Å². The summed E-state index contributed by atoms with van der Waals surface area (Å²) in [5.74, 6) is 0. The van der Waals surface area contributed by atoms with Crippen LogP contribution < -0.4 is 4.67 Å². The number of benzene rings is 6. The quantitative estimate of drug-likeness (QED) is 0.213. The Kier molecular flexibility index (Phi) is 6.46. The maximum absolute atomic E-state index is 7.03. The summed E-state index contributed by atoms with van der Waals surface area (Å²) in [7, 11) is 2.61. The first-order valence-corrected chi connectivity index (χ1v) is 15.5. The van der Waals surface area contributed by atoms with Crippen molar-refractivity contribution < 1.29 is 8.39 Å². The Bertz CT molecular complexity index is 2030. The van der Waals surface area contributed by atoms with Crippen LogP contribution in [0.25, 0.3) is 65.7 Å². The van der Waals surface area contributed by atoms with E-state index in [1.54, 1.807) is 0 Å². The fourth-order valence-corrected chi connectivity index (χ4v) is 7.43. The van der Waals surface area contributed by atoms with Crippen molar-refractivity contribution in [2.75, 3.05) is 18.8 Å². The first-order valence-electron chi connectivity index (χ1n) is 14.4. The summed E-state index contributed by atoms with van der Waals surface area (Å²) in [6, 6.07) is 35.4. The maximum Gasteiger partial charge on any atom is 0.309 e. The molecular formula is C38H34NO2P. The number of hydrogen-bond donors (Lipinski definition) is 0. The van der Waals surface area contributed by atoms with Crippen LogP contribution in [0.3, 0.4) is 0 Å². The molecule has 6 aromatic carbocycles. The van der Waals surface area contributed by atoms with Gasteiger partial charge in [-0.1, -0.05) is 107 Å². The van der Waals surface area contributed by atoms with Crippen molar-refractivity contribution in [2.24, 2.45) is 0 Å². The Labute approximate surface area is 247 Å². The van der Waals surface area contributed by atoms with Gasteiger partial charge in [0.15, 0.2) is 11.2 Å². The molecule has 3 nitrogen and oxygen atoms in total. The van der Waals surface area contributed by atoms with Crippen LogP contribution in [0.15, 0.2) is 105 Å². The van der Waals surface area contributed by atoms with E-state index in [2.05, 4.69) is 129 Å². The zero-order valence-electron chi connectivity index (χ0n) is 24.9. The topological polar surface area (TPSA) is 29.5 Å². The summed E-state index contributed by atoms with van der Waals surface area (Å²) in [4.78, 5) is 0. The zero-order chi connectivity index (χ0) is 29.1. The molecule has 1 aromatic heterocycles. The Morgan fingerprint density at radius 3 is 1.26 bits per heavy atom. The minimum Gasteiger partial charge on any atom is -0.407 e. The van der Waals surface area contributed by atoms with Gasteiger partial charge in [0.05, 0.1) is 0 Å². The first-order chi connectivity index (χ1) is 20.3. The molecule has 0 radical (unpaired) electrons. The van der Waals surface area contributed by atoms with Crippen molar-refractivity contribution in [3.05, 3.63) is 119 Å². The Morgan fingerprint density at radius 1 is 0.500 bits per heavy atom. The number of fused-ring (bicyclic) bond motifs is 7. The molecule has 1 heterocycles. The average Bonchev–Trinajstić information content (AvgIpc) is 3.14. The zero-order valence-corrected chi connectivity index (χ0v) is 25.8. The number of nitrogens with zero attached hydrogens (tertiary/aromatic N) is 1. The summed E-state index contributed by atoms with van der Waals surface area (Å²) in [5.41, 5.74) is 11.2. The predicted molar refractivity (Wildman–Crippen MR) is 181 cm³/mol. The molecule has 0 aliphatic rings. The van der Waals surface area contributed by atoms with Crippen molar-refractivity contribution >= 4 is 51.6 Å². The van der Waals surface area contributed by atoms with Crippen molar-refractivity contribution in [3.8, 4) is 22.3 Å². The van der Waals surface area contributed by atoms with Crippen LogP contribution >= 0.6 is 8.16 Å². The Hall–Kier alpha value is -4.30. The van der Waals surface area contributed by atoms with Crippen molar-refractivity contribution in [1.29, 1.82) is 0 Å². The van der Waals surface area contributed by atoms with E-state index in [9.17, 15) is 0 Å². The minimum absolute atomic E-state index is 0.875. The van der Waals surface area contributed by atoms with E-state index in [1.807, 2.05) is 14.1 Å². The number of aryl methyl sites for hydroxylation is 4. The minimum atomic E-state index is -1.45. The van der Waals surface area contributed by atoms with E-state index in [0.29, 0.717) is 0 Å². The fourth-order valence-electron chi connectivity index (χ4n) is 6.37. The van der Waals surface area contributed by atoms with Crippen LogP contribution in [0.4, 0.5) is 0 Å². The van der Waals surface area contributed by atoms with E-state index >= 15 is 0 Å². The van der Waals surface area contributed by atoms with E-state index in [0.717, 1.165) is 55.0 Å². The smallest absolute Gasteiger partial charge is 0.309 e. The van der Waals surface area contributed by atoms with Crippen LogP contribution in [0.1, 0.15) is 22.3 Å². The summed E-state index contributed by atoms with van der Waals surface area (Å²) < 4.78 is 16.1. The number of rotatable bonds is 3. The molecule has 0 spiro atoms. The third-order valence-electron chi connectivity index (χ3n) is 7.98. The lowest BCUT2D eigenvalue weighted by Crippen LogP contribution is -2.02. The molecule has 0 saturated carbocycles. The summed E-state index contributed by atoms with van der Waals surface area (Å²) in [5, 5.41) is 6.85. The van der Waals surface area contributed by atoms with Crippen LogP contribution in [0.5, 0.6) is 0 Å². The van der Waals surface area contributed by atoms with Gasteiger partial charge in [-0.15, -0.1) is 0 Å². The van der Waals surface area contributed by atoms with Gasteiger partial charge in [-0.05, 0) is 72.5 Å². The second-order valence-electron chi connectivity index (χ2n) is 11.7. The van der Waals surface area contributed by atoms with Crippen molar-refractivity contribution in [3.63, 3.8) is 0 Å². The van der Waals surface area contributed by atoms with E-state index < -0.39 is 8.16 Å². The predicted octanol–water partition coefficient (Wildman–Crippen LogP) is 11.4. The summed E-state index contributed by atoms with van der Waals surface area (Å²) >= 11 is 0. The monoisotopic (exact) mass is 567 g/mol. The van der Waals surface area contributed by atoms with Gasteiger partial charge < -0.3 is 8.39 Å². The first kappa shape index (κ1) is 26.6. The van der Waals surface area contributed by atoms with Crippen LogP contribution in [0.2, 0.25) is 0 Å². The lowest BCUT2D eigenvalue weighted by molar-refractivity contribution is 0.636. The fraction of sp³-hybridized carbons (Fsp3) is 0.158. The van der Waals surface area contributed by atoms with Gasteiger partial charge in [-0.3, -0.25) is 0 Å². The second-order valence-corrected chi connectivity index (χ2v) is 13.4. The molecule has 0 atom stereocenters. The molecule has 7 aromatic rings. The average molecular weight is 568 g/mol. The molecule has 42 heavy (non-hydrogen) atoms. The molecule has 0 amide bonds. The molecule has 4 heteroatoms. The molecule has 7 rings (SSSR count). The highest BCUT2D eigenvalue weighted by Gasteiger charge is 2.21. The molecule has 208 valence electrons. The second kappa shape index (κ2) is 10.2. The maximum atomic E-state index is 7.03. The van der Waals surface area contributed by atoms with Gasteiger partial charge in [0.1, 0.15) is 0 Å². The lowest BCUT2D eigenvalue weighted by atomic mass is 9.90. The molecule has 0 aliphatic heterocycles. The molecule has 0 fully saturated rings. The van der Waals surface area contributed by atoms with Gasteiger partial charge >= 0.3 is 8.16 Å². The number of hydrogen-bond acceptors (Lipinski definition) is 3. The summed E-state index contributed by atoms with van der Waals surface area (Å²) in [6.45, 7) is 8.63. The third-order valence-corrected chi connectivity index (χ3v) is 9.31. The molecule has 0 bridgehead atoms. The molecule has 0 unspecified atom stereocenters. The molecule has 0 N–H and O–H groups in total. The summed E-state index contributed by atoms with van der Waals surface area (Å²) in [6.07, 6.45) is 0. The normalized spacial score (nSPS) is 11.8. The van der Waals surface area contributed by atoms with E-state index in [4.69, 9.17) is 8.39 Å². The Balaban J connectivity index is 1.82. The SMILES string of the molecule is Cc1cc(C)cc(-c2cc3ccccc3c3c2op(N(C)C)oc2c(-c4cc(C)cc(C)c4)cc4ccccc4c23)c1. The largest absolute Gasteiger partial charge is 0.407 e. The van der Waals surface area contributed by atoms with Crippen LogP contribution in [-0.2, 0) is 0 Å². The standard InChI is InChI=1S/C38H34NO2P/c1-23-15-24(2)18-29(17-23)33-21-27-11-7-9-13-31(27)35-36-32-14-10-8-12-28(32)22-34(30-19-25(3)16-26(4)20-30)38(36)41-42(39(5)6)40-37(33)35/h7-22H,1-6H3. The Morgan fingerprint density at radius 2 is 0.881 bits per heavy atom. The van der Waals surface area contributed by atoms with Gasteiger partial charge in [-0.2, -0.15) is 0 Å². The highest BCUT2D eigenvalue weighted by Crippen LogP contribution is 2.47. The lowest BCUT2D eigenvalue weighted by Gasteiger charge is -2.13. The van der Waals surface area contributed by atoms with Gasteiger partial charge in [0, 0.05) is 36.0 Å². The molecular weight excluding hydrogens is 533 g/mol. The van der Waals surface area contributed by atoms with Gasteiger partial charge in [0.2, 0.25) is 0 Å². The third kappa shape index (κ3) is 4.50. The molecule has 0 saturated heterocycles. The highest BCUT2D eigenvalue weighted by molar-refractivity contribution is 7.38. The van der Waals surface area contributed by atoms with Gasteiger partial charge in [-0.25, -0.2) is 4.67 Å². The van der Waals surface area contributed by atoms with Crippen molar-refractivity contribution in [2.45, 2.75) is 27.7 Å². The van der Waals surface area contributed by atoms with Crippen LogP contribution in [0, 0.1) is 27.7 Å². The van der Waals surface area contributed by atoms with Crippen LogP contribution in [-0.4, -0.2) is 14.1 Å².